The van der Waals surface area contributed by atoms with Gasteiger partial charge in [0.1, 0.15) is 0 Å². The van der Waals surface area contributed by atoms with Crippen molar-refractivity contribution < 1.29 is 14.5 Å². The van der Waals surface area contributed by atoms with Gasteiger partial charge in [0.2, 0.25) is 11.8 Å². The molecule has 8 heteroatoms. The number of carbonyl (C=O) groups is 2. The Bertz CT molecular complexity index is 570. The Hall–Kier alpha value is -2.64. The van der Waals surface area contributed by atoms with Gasteiger partial charge in [-0.25, -0.2) is 0 Å². The van der Waals surface area contributed by atoms with Crippen LogP contribution in [-0.2, 0) is 9.59 Å². The molecule has 2 amide bonds. The highest BCUT2D eigenvalue weighted by molar-refractivity contribution is 5.86. The summed E-state index contributed by atoms with van der Waals surface area (Å²) in [5, 5.41) is 16.0. The van der Waals surface area contributed by atoms with E-state index in [4.69, 9.17) is 0 Å². The number of rotatable bonds is 6. The second-order valence-electron chi connectivity index (χ2n) is 5.03. The first-order valence-corrected chi connectivity index (χ1v) is 7.09. The van der Waals surface area contributed by atoms with Gasteiger partial charge in [0.25, 0.3) is 5.69 Å². The highest BCUT2D eigenvalue weighted by Crippen LogP contribution is 2.16. The highest BCUT2D eigenvalue weighted by Gasteiger charge is 2.18. The van der Waals surface area contributed by atoms with Gasteiger partial charge < -0.3 is 15.5 Å². The molecular weight excluding hydrogens is 288 g/mol. The molecule has 0 unspecified atom stereocenters. The zero-order valence-corrected chi connectivity index (χ0v) is 12.1. The summed E-state index contributed by atoms with van der Waals surface area (Å²) in [5.41, 5.74) is 0.435. The van der Waals surface area contributed by atoms with Crippen molar-refractivity contribution >= 4 is 23.2 Å². The molecule has 0 saturated carbocycles. The minimum absolute atomic E-state index is 0.0184. The summed E-state index contributed by atoms with van der Waals surface area (Å²) >= 11 is 0. The number of amides is 2. The Morgan fingerprint density at radius 1 is 1.23 bits per heavy atom. The Balaban J connectivity index is 1.74. The van der Waals surface area contributed by atoms with Crippen LogP contribution in [0.4, 0.5) is 11.4 Å². The molecule has 0 atom stereocenters. The van der Waals surface area contributed by atoms with Gasteiger partial charge in [0, 0.05) is 30.9 Å². The van der Waals surface area contributed by atoms with E-state index in [1.54, 1.807) is 11.0 Å². The average molecular weight is 306 g/mol. The van der Waals surface area contributed by atoms with Crippen LogP contribution in [-0.4, -0.2) is 47.8 Å². The Morgan fingerprint density at radius 3 is 2.64 bits per heavy atom. The SMILES string of the molecule is O=C(CNc1cccc([N+](=O)[O-])c1)NCC(=O)N1CCCC1. The smallest absolute Gasteiger partial charge is 0.271 e. The normalized spacial score (nSPS) is 13.7. The number of nitro groups is 1. The molecule has 0 aliphatic carbocycles. The summed E-state index contributed by atoms with van der Waals surface area (Å²) < 4.78 is 0. The number of nitrogens with zero attached hydrogens (tertiary/aromatic N) is 2. The van der Waals surface area contributed by atoms with Crippen LogP contribution in [0.25, 0.3) is 0 Å². The van der Waals surface area contributed by atoms with E-state index in [2.05, 4.69) is 10.6 Å². The summed E-state index contributed by atoms with van der Waals surface area (Å²) in [7, 11) is 0. The molecule has 22 heavy (non-hydrogen) atoms. The van der Waals surface area contributed by atoms with Crippen LogP contribution in [0, 0.1) is 10.1 Å². The van der Waals surface area contributed by atoms with Gasteiger partial charge >= 0.3 is 0 Å². The molecule has 118 valence electrons. The third kappa shape index (κ3) is 4.44. The van der Waals surface area contributed by atoms with Gasteiger partial charge in [-0.1, -0.05) is 6.07 Å². The van der Waals surface area contributed by atoms with Crippen LogP contribution in [0.3, 0.4) is 0 Å². The molecule has 0 spiro atoms. The third-order valence-corrected chi connectivity index (χ3v) is 3.41. The summed E-state index contributed by atoms with van der Waals surface area (Å²) in [6, 6.07) is 5.90. The summed E-state index contributed by atoms with van der Waals surface area (Å²) in [6.07, 6.45) is 2.02. The summed E-state index contributed by atoms with van der Waals surface area (Å²) in [5.74, 6) is -0.416. The van der Waals surface area contributed by atoms with E-state index in [0.717, 1.165) is 25.9 Å². The van der Waals surface area contributed by atoms with Crippen molar-refractivity contribution in [3.8, 4) is 0 Å². The largest absolute Gasteiger partial charge is 0.376 e. The molecule has 1 heterocycles. The van der Waals surface area contributed by atoms with E-state index >= 15 is 0 Å². The average Bonchev–Trinajstić information content (AvgIpc) is 3.05. The second-order valence-corrected chi connectivity index (χ2v) is 5.03. The molecule has 1 fully saturated rings. The molecular formula is C14H18N4O4. The van der Waals surface area contributed by atoms with Crippen LogP contribution in [0.2, 0.25) is 0 Å². The van der Waals surface area contributed by atoms with E-state index in [1.165, 1.54) is 18.2 Å². The molecule has 0 radical (unpaired) electrons. The number of non-ortho nitro benzene ring substituents is 1. The van der Waals surface area contributed by atoms with E-state index in [-0.39, 0.29) is 30.6 Å². The number of nitrogens with one attached hydrogen (secondary N) is 2. The molecule has 0 aromatic heterocycles. The molecule has 2 rings (SSSR count). The lowest BCUT2D eigenvalue weighted by Gasteiger charge is -2.15. The first kappa shape index (κ1) is 15.7. The minimum atomic E-state index is -0.500. The molecule has 1 aliphatic rings. The van der Waals surface area contributed by atoms with Gasteiger partial charge in [0.05, 0.1) is 18.0 Å². The van der Waals surface area contributed by atoms with E-state index < -0.39 is 4.92 Å². The molecule has 1 aromatic rings. The lowest BCUT2D eigenvalue weighted by Crippen LogP contribution is -2.40. The monoisotopic (exact) mass is 306 g/mol. The van der Waals surface area contributed by atoms with Crippen molar-refractivity contribution in [1.29, 1.82) is 0 Å². The third-order valence-electron chi connectivity index (χ3n) is 3.41. The topological polar surface area (TPSA) is 105 Å². The van der Waals surface area contributed by atoms with Crippen LogP contribution >= 0.6 is 0 Å². The van der Waals surface area contributed by atoms with Gasteiger partial charge in [-0.2, -0.15) is 0 Å². The zero-order chi connectivity index (χ0) is 15.9. The maximum atomic E-state index is 11.8. The molecule has 1 aromatic carbocycles. The molecule has 2 N–H and O–H groups in total. The van der Waals surface area contributed by atoms with Gasteiger partial charge in [-0.3, -0.25) is 19.7 Å². The highest BCUT2D eigenvalue weighted by atomic mass is 16.6. The van der Waals surface area contributed by atoms with Crippen LogP contribution in [0.5, 0.6) is 0 Å². The van der Waals surface area contributed by atoms with Crippen molar-refractivity contribution in [3.05, 3.63) is 34.4 Å². The number of carbonyl (C=O) groups excluding carboxylic acids is 2. The lowest BCUT2D eigenvalue weighted by molar-refractivity contribution is -0.384. The number of nitro benzene ring substituents is 1. The predicted octanol–water partition coefficient (Wildman–Crippen LogP) is 0.745. The first-order chi connectivity index (χ1) is 10.6. The van der Waals surface area contributed by atoms with E-state index in [9.17, 15) is 19.7 Å². The van der Waals surface area contributed by atoms with Crippen molar-refractivity contribution in [2.75, 3.05) is 31.5 Å². The number of benzene rings is 1. The summed E-state index contributed by atoms with van der Waals surface area (Å²) in [6.45, 7) is 1.44. The predicted molar refractivity (Wildman–Crippen MR) is 80.4 cm³/mol. The maximum Gasteiger partial charge on any atom is 0.271 e. The molecule has 0 bridgehead atoms. The van der Waals surface area contributed by atoms with Gasteiger partial charge in [-0.05, 0) is 18.9 Å². The Kier molecular flexibility index (Phi) is 5.29. The van der Waals surface area contributed by atoms with Crippen molar-refractivity contribution in [1.82, 2.24) is 10.2 Å². The quantitative estimate of drug-likeness (QED) is 0.596. The zero-order valence-electron chi connectivity index (χ0n) is 12.1. The Morgan fingerprint density at radius 2 is 1.95 bits per heavy atom. The van der Waals surface area contributed by atoms with E-state index in [1.807, 2.05) is 0 Å². The first-order valence-electron chi connectivity index (χ1n) is 7.09. The minimum Gasteiger partial charge on any atom is -0.376 e. The lowest BCUT2D eigenvalue weighted by atomic mass is 10.3. The fraction of sp³-hybridized carbons (Fsp3) is 0.429. The van der Waals surface area contributed by atoms with Crippen LogP contribution < -0.4 is 10.6 Å². The van der Waals surface area contributed by atoms with Gasteiger partial charge in [0.15, 0.2) is 0 Å². The second kappa shape index (κ2) is 7.39. The number of hydrogen-bond acceptors (Lipinski definition) is 5. The standard InChI is InChI=1S/C14H18N4O4/c19-13(16-10-14(20)17-6-1-2-7-17)9-15-11-4-3-5-12(8-11)18(21)22/h3-5,8,15H,1-2,6-7,9-10H2,(H,16,19). The number of anilines is 1. The number of likely N-dealkylation sites (tertiary alicyclic amines) is 1. The van der Waals surface area contributed by atoms with Crippen LogP contribution in [0.1, 0.15) is 12.8 Å². The maximum absolute atomic E-state index is 11.8. The van der Waals surface area contributed by atoms with Crippen molar-refractivity contribution in [2.24, 2.45) is 0 Å². The van der Waals surface area contributed by atoms with Crippen LogP contribution in [0.15, 0.2) is 24.3 Å². The van der Waals surface area contributed by atoms with Crippen molar-refractivity contribution in [2.45, 2.75) is 12.8 Å². The molecule has 1 saturated heterocycles. The molecule has 1 aliphatic heterocycles. The fourth-order valence-corrected chi connectivity index (χ4v) is 2.23. The fourth-order valence-electron chi connectivity index (χ4n) is 2.23. The molecule has 8 nitrogen and oxygen atoms in total. The van der Waals surface area contributed by atoms with Crippen molar-refractivity contribution in [3.63, 3.8) is 0 Å². The van der Waals surface area contributed by atoms with E-state index in [0.29, 0.717) is 5.69 Å². The summed E-state index contributed by atoms with van der Waals surface area (Å²) in [4.78, 5) is 35.3. The van der Waals surface area contributed by atoms with Gasteiger partial charge in [-0.15, -0.1) is 0 Å². The Labute approximate surface area is 127 Å². The number of hydrogen-bond donors (Lipinski definition) is 2.